The van der Waals surface area contributed by atoms with Crippen molar-refractivity contribution in [2.24, 2.45) is 0 Å². The SMILES string of the molecule is CC(c1ncc(Nc2nccc(-c3ccc(OC4CCOCC4)c(C#N)c3)n2)cc1F)N1CC(N(C)C)C1. The van der Waals surface area contributed by atoms with Gasteiger partial charge in [-0.05, 0) is 45.3 Å². The summed E-state index contributed by atoms with van der Waals surface area (Å²) in [6.07, 6.45) is 4.87. The van der Waals surface area contributed by atoms with Crippen LogP contribution in [0.4, 0.5) is 16.0 Å². The highest BCUT2D eigenvalue weighted by atomic mass is 19.1. The number of rotatable bonds is 8. The predicted octanol–water partition coefficient (Wildman–Crippen LogP) is 4.16. The molecule has 2 saturated heterocycles. The molecule has 198 valence electrons. The molecule has 2 aromatic heterocycles. The van der Waals surface area contributed by atoms with Crippen LogP contribution in [0, 0.1) is 17.1 Å². The van der Waals surface area contributed by atoms with Crippen molar-refractivity contribution in [3.05, 3.63) is 59.8 Å². The Morgan fingerprint density at radius 1 is 1.18 bits per heavy atom. The quantitative estimate of drug-likeness (QED) is 0.472. The van der Waals surface area contributed by atoms with Gasteiger partial charge in [0.15, 0.2) is 0 Å². The van der Waals surface area contributed by atoms with Crippen molar-refractivity contribution in [2.45, 2.75) is 38.0 Å². The molecule has 5 rings (SSSR count). The predicted molar refractivity (Wildman–Crippen MR) is 142 cm³/mol. The van der Waals surface area contributed by atoms with Crippen LogP contribution >= 0.6 is 0 Å². The molecule has 2 fully saturated rings. The van der Waals surface area contributed by atoms with Crippen molar-refractivity contribution in [1.29, 1.82) is 5.26 Å². The van der Waals surface area contributed by atoms with Gasteiger partial charge in [0, 0.05) is 49.8 Å². The second kappa shape index (κ2) is 11.4. The van der Waals surface area contributed by atoms with Gasteiger partial charge in [-0.2, -0.15) is 5.26 Å². The van der Waals surface area contributed by atoms with Crippen LogP contribution in [0.25, 0.3) is 11.3 Å². The largest absolute Gasteiger partial charge is 0.489 e. The van der Waals surface area contributed by atoms with Gasteiger partial charge in [0.1, 0.15) is 23.7 Å². The van der Waals surface area contributed by atoms with Crippen molar-refractivity contribution >= 4 is 11.6 Å². The summed E-state index contributed by atoms with van der Waals surface area (Å²) in [5.41, 5.74) is 2.71. The Bertz CT molecular complexity index is 1320. The fraction of sp³-hybridized carbons (Fsp3) is 0.429. The zero-order valence-corrected chi connectivity index (χ0v) is 21.9. The van der Waals surface area contributed by atoms with Crippen LogP contribution < -0.4 is 10.1 Å². The molecule has 38 heavy (non-hydrogen) atoms. The smallest absolute Gasteiger partial charge is 0.227 e. The van der Waals surface area contributed by atoms with Crippen LogP contribution in [0.15, 0.2) is 42.7 Å². The summed E-state index contributed by atoms with van der Waals surface area (Å²) < 4.78 is 26.4. The third-order valence-electron chi connectivity index (χ3n) is 7.20. The van der Waals surface area contributed by atoms with E-state index < -0.39 is 0 Å². The maximum Gasteiger partial charge on any atom is 0.227 e. The minimum absolute atomic E-state index is 0.0424. The van der Waals surface area contributed by atoms with E-state index in [1.807, 2.05) is 13.0 Å². The van der Waals surface area contributed by atoms with E-state index in [0.29, 0.717) is 53.6 Å². The summed E-state index contributed by atoms with van der Waals surface area (Å²) in [6, 6.07) is 11.2. The van der Waals surface area contributed by atoms with E-state index in [2.05, 4.69) is 50.2 Å². The number of hydrogen-bond donors (Lipinski definition) is 1. The first-order valence-corrected chi connectivity index (χ1v) is 12.9. The number of aromatic nitrogens is 3. The number of nitrogens with one attached hydrogen (secondary N) is 1. The Morgan fingerprint density at radius 3 is 2.68 bits per heavy atom. The molecular formula is C28H32FN7O2. The number of benzene rings is 1. The van der Waals surface area contributed by atoms with Gasteiger partial charge in [-0.15, -0.1) is 0 Å². The number of likely N-dealkylation sites (tertiary alicyclic amines) is 1. The van der Waals surface area contributed by atoms with Crippen molar-refractivity contribution in [3.8, 4) is 23.1 Å². The number of hydrogen-bond acceptors (Lipinski definition) is 9. The average Bonchev–Trinajstić information content (AvgIpc) is 2.88. The number of likely N-dealkylation sites (N-methyl/N-ethyl adjacent to an activating group) is 1. The Labute approximate surface area is 222 Å². The van der Waals surface area contributed by atoms with Gasteiger partial charge in [0.05, 0.1) is 48.1 Å². The molecule has 1 unspecified atom stereocenters. The highest BCUT2D eigenvalue weighted by Gasteiger charge is 2.33. The summed E-state index contributed by atoms with van der Waals surface area (Å²) >= 11 is 0. The van der Waals surface area contributed by atoms with E-state index in [9.17, 15) is 9.65 Å². The zero-order valence-electron chi connectivity index (χ0n) is 21.9. The van der Waals surface area contributed by atoms with Crippen molar-refractivity contribution < 1.29 is 13.9 Å². The molecule has 0 aliphatic carbocycles. The summed E-state index contributed by atoms with van der Waals surface area (Å²) in [5, 5.41) is 12.7. The van der Waals surface area contributed by atoms with Crippen molar-refractivity contribution in [2.75, 3.05) is 45.7 Å². The lowest BCUT2D eigenvalue weighted by Gasteiger charge is -2.45. The van der Waals surface area contributed by atoms with Gasteiger partial charge in [-0.25, -0.2) is 14.4 Å². The number of pyridine rings is 1. The molecule has 2 aliphatic heterocycles. The standard InChI is InChI=1S/C28H32FN7O2/c1-18(36-16-22(17-36)35(2)3)27-24(29)13-21(15-32-27)33-28-31-9-6-25(34-28)19-4-5-26(20(12-19)14-30)38-23-7-10-37-11-8-23/h4-6,9,12-13,15,18,22-23H,7-8,10-11,16-17H2,1-3H3,(H,31,33,34). The first kappa shape index (κ1) is 26.0. The van der Waals surface area contributed by atoms with Gasteiger partial charge in [-0.3, -0.25) is 9.88 Å². The Hall–Kier alpha value is -3.65. The third-order valence-corrected chi connectivity index (χ3v) is 7.20. The summed E-state index contributed by atoms with van der Waals surface area (Å²) in [7, 11) is 4.12. The Balaban J connectivity index is 1.27. The number of nitriles is 1. The normalized spacial score (nSPS) is 17.6. The Kier molecular flexibility index (Phi) is 7.79. The van der Waals surface area contributed by atoms with Crippen molar-refractivity contribution in [3.63, 3.8) is 0 Å². The van der Waals surface area contributed by atoms with Crippen LogP contribution in [0.5, 0.6) is 5.75 Å². The minimum Gasteiger partial charge on any atom is -0.489 e. The lowest BCUT2D eigenvalue weighted by atomic mass is 10.0. The van der Waals surface area contributed by atoms with Crippen LogP contribution in [0.1, 0.15) is 37.1 Å². The molecule has 4 heterocycles. The molecule has 9 nitrogen and oxygen atoms in total. The van der Waals surface area contributed by atoms with Crippen LogP contribution in [-0.2, 0) is 4.74 Å². The molecular weight excluding hydrogens is 485 g/mol. The molecule has 0 amide bonds. The van der Waals surface area contributed by atoms with E-state index in [-0.39, 0.29) is 18.0 Å². The number of nitrogens with zero attached hydrogens (tertiary/aromatic N) is 6. The second-order valence-corrected chi connectivity index (χ2v) is 9.98. The third kappa shape index (κ3) is 5.75. The average molecular weight is 518 g/mol. The molecule has 1 aromatic carbocycles. The van der Waals surface area contributed by atoms with Gasteiger partial charge in [-0.1, -0.05) is 0 Å². The molecule has 0 spiro atoms. The first-order valence-electron chi connectivity index (χ1n) is 12.9. The number of ether oxygens (including phenoxy) is 2. The van der Waals surface area contributed by atoms with E-state index in [4.69, 9.17) is 9.47 Å². The molecule has 0 radical (unpaired) electrons. The summed E-state index contributed by atoms with van der Waals surface area (Å²) in [6.45, 7) is 5.10. The molecule has 3 aromatic rings. The molecule has 10 heteroatoms. The van der Waals surface area contributed by atoms with Crippen LogP contribution in [0.3, 0.4) is 0 Å². The van der Waals surface area contributed by atoms with Crippen LogP contribution in [0.2, 0.25) is 0 Å². The highest BCUT2D eigenvalue weighted by molar-refractivity contribution is 5.65. The number of anilines is 2. The fourth-order valence-corrected chi connectivity index (χ4v) is 4.69. The fourth-order valence-electron chi connectivity index (χ4n) is 4.69. The van der Waals surface area contributed by atoms with Gasteiger partial charge >= 0.3 is 0 Å². The summed E-state index contributed by atoms with van der Waals surface area (Å²) in [4.78, 5) is 17.6. The lowest BCUT2D eigenvalue weighted by molar-refractivity contribution is 0.0254. The minimum atomic E-state index is -0.370. The first-order chi connectivity index (χ1) is 18.4. The molecule has 1 N–H and O–H groups in total. The zero-order chi connectivity index (χ0) is 26.6. The molecule has 2 aliphatic rings. The number of halogens is 1. The van der Waals surface area contributed by atoms with Gasteiger partial charge in [0.2, 0.25) is 5.95 Å². The van der Waals surface area contributed by atoms with E-state index in [0.717, 1.165) is 31.5 Å². The maximum absolute atomic E-state index is 15.0. The van der Waals surface area contributed by atoms with E-state index >= 15 is 0 Å². The van der Waals surface area contributed by atoms with Crippen LogP contribution in [-0.4, -0.2) is 77.3 Å². The topological polar surface area (TPSA) is 99.4 Å². The monoisotopic (exact) mass is 517 g/mol. The Morgan fingerprint density at radius 2 is 1.97 bits per heavy atom. The van der Waals surface area contributed by atoms with Gasteiger partial charge in [0.25, 0.3) is 0 Å². The van der Waals surface area contributed by atoms with Gasteiger partial charge < -0.3 is 19.7 Å². The molecule has 0 bridgehead atoms. The summed E-state index contributed by atoms with van der Waals surface area (Å²) in [5.74, 6) is 0.495. The maximum atomic E-state index is 15.0. The van der Waals surface area contributed by atoms with E-state index in [1.165, 1.54) is 6.07 Å². The highest BCUT2D eigenvalue weighted by Crippen LogP contribution is 2.30. The van der Waals surface area contributed by atoms with Crippen molar-refractivity contribution in [1.82, 2.24) is 24.8 Å². The molecule has 1 atom stereocenters. The van der Waals surface area contributed by atoms with E-state index in [1.54, 1.807) is 30.6 Å². The molecule has 0 saturated carbocycles. The second-order valence-electron chi connectivity index (χ2n) is 9.98. The lowest BCUT2D eigenvalue weighted by Crippen LogP contribution is -2.57.